The van der Waals surface area contributed by atoms with Gasteiger partial charge in [0, 0.05) is 18.5 Å². The molecule has 1 N–H and O–H groups in total. The van der Waals surface area contributed by atoms with Gasteiger partial charge in [-0.25, -0.2) is 0 Å². The zero-order chi connectivity index (χ0) is 22.0. The van der Waals surface area contributed by atoms with E-state index in [0.29, 0.717) is 24.3 Å². The number of ketones is 1. The lowest BCUT2D eigenvalue weighted by Crippen LogP contribution is -2.53. The van der Waals surface area contributed by atoms with Crippen molar-refractivity contribution >= 4 is 5.78 Å². The maximum Gasteiger partial charge on any atom is 0.150 e. The molecule has 31 heavy (non-hydrogen) atoms. The highest BCUT2D eigenvalue weighted by molar-refractivity contribution is 5.84. The second kappa shape index (κ2) is 8.09. The van der Waals surface area contributed by atoms with Crippen molar-refractivity contribution in [1.82, 2.24) is 4.90 Å². The SMILES string of the molecule is C[C@H]1COCCN1CC(=O)[C@H]1CC[C@H]2[C@@H]3CC[C@H]4C[C@](C)(O)[C@@H](C)C[C@@H]4[C@H]3CC[C@]12C. The van der Waals surface area contributed by atoms with E-state index in [9.17, 15) is 9.90 Å². The Morgan fingerprint density at radius 3 is 2.65 bits per heavy atom. The summed E-state index contributed by atoms with van der Waals surface area (Å²) in [7, 11) is 0. The van der Waals surface area contributed by atoms with E-state index in [0.717, 1.165) is 62.2 Å². The minimum absolute atomic E-state index is 0.215. The van der Waals surface area contributed by atoms with Crippen LogP contribution in [0.4, 0.5) is 0 Å². The Labute approximate surface area is 189 Å². The molecule has 0 aromatic heterocycles. The topological polar surface area (TPSA) is 49.8 Å². The Bertz CT molecular complexity index is 692. The van der Waals surface area contributed by atoms with E-state index in [1.165, 1.54) is 38.5 Å². The molecule has 4 aliphatic carbocycles. The van der Waals surface area contributed by atoms with E-state index >= 15 is 0 Å². The minimum Gasteiger partial charge on any atom is -0.390 e. The van der Waals surface area contributed by atoms with Crippen LogP contribution < -0.4 is 0 Å². The maximum atomic E-state index is 13.5. The first-order valence-electron chi connectivity index (χ1n) is 13.3. The van der Waals surface area contributed by atoms with E-state index < -0.39 is 5.60 Å². The van der Waals surface area contributed by atoms with Gasteiger partial charge in [0.2, 0.25) is 0 Å². The molecule has 5 fully saturated rings. The summed E-state index contributed by atoms with van der Waals surface area (Å²) < 4.78 is 5.58. The molecule has 5 aliphatic rings. The number of ether oxygens (including phenoxy) is 1. The van der Waals surface area contributed by atoms with Gasteiger partial charge in [-0.2, -0.15) is 0 Å². The molecule has 0 spiro atoms. The third kappa shape index (κ3) is 3.73. The molecular weight excluding hydrogens is 386 g/mol. The first kappa shape index (κ1) is 22.3. The molecule has 0 radical (unpaired) electrons. The molecule has 0 aromatic carbocycles. The van der Waals surface area contributed by atoms with Crippen molar-refractivity contribution in [3.05, 3.63) is 0 Å². The quantitative estimate of drug-likeness (QED) is 0.713. The third-order valence-electron chi connectivity index (χ3n) is 11.1. The van der Waals surface area contributed by atoms with Crippen LogP contribution in [0.25, 0.3) is 0 Å². The summed E-state index contributed by atoms with van der Waals surface area (Å²) >= 11 is 0. The summed E-state index contributed by atoms with van der Waals surface area (Å²) in [6, 6.07) is 0.360. The van der Waals surface area contributed by atoms with Crippen molar-refractivity contribution in [3.8, 4) is 0 Å². The molecule has 4 heteroatoms. The Morgan fingerprint density at radius 1 is 1.06 bits per heavy atom. The van der Waals surface area contributed by atoms with Crippen LogP contribution in [0.2, 0.25) is 0 Å². The Kier molecular flexibility index (Phi) is 5.84. The fourth-order valence-electron chi connectivity index (χ4n) is 9.08. The highest BCUT2D eigenvalue weighted by Crippen LogP contribution is 2.65. The highest BCUT2D eigenvalue weighted by atomic mass is 16.5. The second-order valence-corrected chi connectivity index (χ2v) is 12.7. The maximum absolute atomic E-state index is 13.5. The van der Waals surface area contributed by atoms with Gasteiger partial charge in [-0.3, -0.25) is 9.69 Å². The first-order valence-corrected chi connectivity index (χ1v) is 13.3. The summed E-state index contributed by atoms with van der Waals surface area (Å²) in [5.74, 6) is 5.10. The monoisotopic (exact) mass is 431 g/mol. The van der Waals surface area contributed by atoms with Gasteiger partial charge in [0.25, 0.3) is 0 Å². The summed E-state index contributed by atoms with van der Waals surface area (Å²) in [6.07, 6.45) is 9.76. The van der Waals surface area contributed by atoms with Crippen LogP contribution in [0.1, 0.15) is 79.1 Å². The summed E-state index contributed by atoms with van der Waals surface area (Å²) in [6.45, 7) is 12.1. The lowest BCUT2D eigenvalue weighted by molar-refractivity contribution is -0.138. The van der Waals surface area contributed by atoms with E-state index in [4.69, 9.17) is 4.74 Å². The van der Waals surface area contributed by atoms with Gasteiger partial charge in [0.1, 0.15) is 5.78 Å². The zero-order valence-electron chi connectivity index (χ0n) is 20.3. The molecule has 0 bridgehead atoms. The van der Waals surface area contributed by atoms with Crippen LogP contribution in [0, 0.1) is 46.8 Å². The van der Waals surface area contributed by atoms with E-state index in [1.54, 1.807) is 0 Å². The third-order valence-corrected chi connectivity index (χ3v) is 11.1. The Balaban J connectivity index is 1.29. The molecule has 4 saturated carbocycles. The van der Waals surface area contributed by atoms with Gasteiger partial charge in [-0.15, -0.1) is 0 Å². The number of rotatable bonds is 3. The average Bonchev–Trinajstić information content (AvgIpc) is 3.08. The average molecular weight is 432 g/mol. The summed E-state index contributed by atoms with van der Waals surface area (Å²) in [4.78, 5) is 15.9. The smallest absolute Gasteiger partial charge is 0.150 e. The lowest BCUT2D eigenvalue weighted by atomic mass is 9.48. The molecular formula is C27H45NO3. The fraction of sp³-hybridized carbons (Fsp3) is 0.963. The van der Waals surface area contributed by atoms with Crippen molar-refractivity contribution < 1.29 is 14.6 Å². The van der Waals surface area contributed by atoms with Crippen molar-refractivity contribution in [2.45, 2.75) is 90.7 Å². The van der Waals surface area contributed by atoms with Crippen LogP contribution in [0.15, 0.2) is 0 Å². The molecule has 5 rings (SSSR count). The van der Waals surface area contributed by atoms with Gasteiger partial charge in [-0.05, 0) is 106 Å². The van der Waals surface area contributed by atoms with Crippen molar-refractivity contribution in [3.63, 3.8) is 0 Å². The summed E-state index contributed by atoms with van der Waals surface area (Å²) in [5, 5.41) is 10.9. The number of morpholine rings is 1. The van der Waals surface area contributed by atoms with E-state index in [2.05, 4.69) is 32.6 Å². The van der Waals surface area contributed by atoms with Crippen molar-refractivity contribution in [2.24, 2.45) is 46.8 Å². The standard InChI is InChI=1S/C27H45NO3/c1-17-13-22-19(14-27(17,4)30)5-6-21-20(22)9-10-26(3)23(21)7-8-24(26)25(29)15-28-11-12-31-16-18(28)2/h17-24,30H,5-16H2,1-4H3/t17-,18-,19-,20-,21+,22-,23-,24+,26-,27-/m0/s1. The molecule has 10 atom stereocenters. The molecule has 1 heterocycles. The fourth-order valence-corrected chi connectivity index (χ4v) is 9.08. The lowest BCUT2D eigenvalue weighted by Gasteiger charge is -2.58. The number of hydrogen-bond acceptors (Lipinski definition) is 4. The summed E-state index contributed by atoms with van der Waals surface area (Å²) in [5.41, 5.74) is -0.259. The number of hydrogen-bond donors (Lipinski definition) is 1. The minimum atomic E-state index is -0.474. The molecule has 0 unspecified atom stereocenters. The van der Waals surface area contributed by atoms with Gasteiger partial charge < -0.3 is 9.84 Å². The molecule has 4 nitrogen and oxygen atoms in total. The first-order chi connectivity index (χ1) is 14.7. The number of nitrogens with zero attached hydrogens (tertiary/aromatic N) is 1. The van der Waals surface area contributed by atoms with Crippen LogP contribution >= 0.6 is 0 Å². The van der Waals surface area contributed by atoms with Crippen LogP contribution in [-0.4, -0.2) is 53.7 Å². The second-order valence-electron chi connectivity index (χ2n) is 12.7. The molecule has 0 aromatic rings. The zero-order valence-corrected chi connectivity index (χ0v) is 20.3. The number of carbonyl (C=O) groups excluding carboxylic acids is 1. The van der Waals surface area contributed by atoms with E-state index in [1.807, 2.05) is 0 Å². The molecule has 1 aliphatic heterocycles. The number of aliphatic hydroxyl groups is 1. The Hall–Kier alpha value is -0.450. The van der Waals surface area contributed by atoms with Crippen LogP contribution in [0.5, 0.6) is 0 Å². The van der Waals surface area contributed by atoms with Gasteiger partial charge in [0.15, 0.2) is 0 Å². The molecule has 0 amide bonds. The largest absolute Gasteiger partial charge is 0.390 e. The molecule has 1 saturated heterocycles. The number of Topliss-reactive ketones (excluding diaryl/α,β-unsaturated/α-hetero) is 1. The highest BCUT2D eigenvalue weighted by Gasteiger charge is 2.59. The van der Waals surface area contributed by atoms with Gasteiger partial charge in [0.05, 0.1) is 25.4 Å². The van der Waals surface area contributed by atoms with Gasteiger partial charge >= 0.3 is 0 Å². The van der Waals surface area contributed by atoms with Crippen LogP contribution in [-0.2, 0) is 9.53 Å². The number of carbonyl (C=O) groups is 1. The van der Waals surface area contributed by atoms with E-state index in [-0.39, 0.29) is 11.3 Å². The van der Waals surface area contributed by atoms with Crippen molar-refractivity contribution in [1.29, 1.82) is 0 Å². The Morgan fingerprint density at radius 2 is 1.87 bits per heavy atom. The van der Waals surface area contributed by atoms with Crippen LogP contribution in [0.3, 0.4) is 0 Å². The predicted octanol–water partition coefficient (Wildman–Crippen LogP) is 4.54. The molecule has 176 valence electrons. The van der Waals surface area contributed by atoms with Gasteiger partial charge in [-0.1, -0.05) is 13.8 Å². The normalized spacial score (nSPS) is 52.8. The predicted molar refractivity (Wildman–Crippen MR) is 123 cm³/mol. The number of fused-ring (bicyclic) bond motifs is 5. The van der Waals surface area contributed by atoms with Crippen molar-refractivity contribution in [2.75, 3.05) is 26.3 Å².